The zero-order valence-electron chi connectivity index (χ0n) is 10.2. The van der Waals surface area contributed by atoms with E-state index in [1.807, 2.05) is 11.7 Å². The summed E-state index contributed by atoms with van der Waals surface area (Å²) in [4.78, 5) is 7.64. The Morgan fingerprint density at radius 3 is 2.72 bits per heavy atom. The number of thiazole rings is 1. The number of anilines is 1. The number of rotatable bonds is 3. The topological polar surface area (TPSA) is 16.1 Å². The van der Waals surface area contributed by atoms with E-state index in [-0.39, 0.29) is 0 Å². The van der Waals surface area contributed by atoms with Crippen LogP contribution in [0.3, 0.4) is 0 Å². The molecule has 0 saturated carbocycles. The summed E-state index contributed by atoms with van der Waals surface area (Å²) in [5, 5.41) is 2.57. The minimum atomic E-state index is 0.906. The van der Waals surface area contributed by atoms with Crippen molar-refractivity contribution < 1.29 is 0 Å². The van der Waals surface area contributed by atoms with Crippen molar-refractivity contribution in [3.8, 4) is 0 Å². The third-order valence-corrected chi connectivity index (χ3v) is 3.81. The molecule has 0 aliphatic heterocycles. The molecule has 0 bridgehead atoms. The van der Waals surface area contributed by atoms with Crippen LogP contribution in [-0.4, -0.2) is 12.0 Å². The molecule has 0 aliphatic carbocycles. The Balaban J connectivity index is 1.89. The number of aromatic nitrogens is 1. The Hall–Kier alpha value is -1.87. The fourth-order valence-corrected chi connectivity index (χ4v) is 2.71. The first-order valence-corrected chi connectivity index (χ1v) is 6.78. The monoisotopic (exact) mass is 254 g/mol. The second-order valence-corrected chi connectivity index (χ2v) is 5.33. The number of fused-ring (bicyclic) bond motifs is 1. The van der Waals surface area contributed by atoms with Crippen molar-refractivity contribution >= 4 is 27.8 Å². The lowest BCUT2D eigenvalue weighted by Crippen LogP contribution is -2.15. The molecule has 0 spiro atoms. The molecule has 90 valence electrons. The average Bonchev–Trinajstić information content (AvgIpc) is 2.91. The maximum Gasteiger partial charge on any atom is 0.0794 e. The van der Waals surface area contributed by atoms with Crippen molar-refractivity contribution in [2.45, 2.75) is 6.54 Å². The van der Waals surface area contributed by atoms with Gasteiger partial charge in [-0.2, -0.15) is 0 Å². The van der Waals surface area contributed by atoms with Crippen LogP contribution >= 0.6 is 11.3 Å². The maximum atomic E-state index is 4.11. The Morgan fingerprint density at radius 1 is 1.11 bits per heavy atom. The molecule has 0 amide bonds. The summed E-state index contributed by atoms with van der Waals surface area (Å²) in [6, 6.07) is 15.0. The molecule has 2 aromatic carbocycles. The first kappa shape index (κ1) is 11.2. The van der Waals surface area contributed by atoms with Crippen molar-refractivity contribution in [1.82, 2.24) is 4.98 Å². The number of hydrogen-bond donors (Lipinski definition) is 0. The molecule has 1 aromatic heterocycles. The van der Waals surface area contributed by atoms with Crippen LogP contribution in [0.2, 0.25) is 0 Å². The molecule has 3 heteroatoms. The van der Waals surface area contributed by atoms with Crippen molar-refractivity contribution in [3.63, 3.8) is 0 Å². The van der Waals surface area contributed by atoms with E-state index in [1.165, 1.54) is 21.3 Å². The molecule has 1 heterocycles. The summed E-state index contributed by atoms with van der Waals surface area (Å²) < 4.78 is 0. The van der Waals surface area contributed by atoms with Crippen LogP contribution in [0.15, 0.2) is 54.2 Å². The van der Waals surface area contributed by atoms with Gasteiger partial charge in [0, 0.05) is 23.8 Å². The highest BCUT2D eigenvalue weighted by Crippen LogP contribution is 2.23. The Morgan fingerprint density at radius 2 is 1.94 bits per heavy atom. The SMILES string of the molecule is CN(Cc1cncs1)c1ccc2ccccc2c1. The number of hydrogen-bond acceptors (Lipinski definition) is 3. The van der Waals surface area contributed by atoms with Crippen molar-refractivity contribution in [3.05, 3.63) is 59.0 Å². The van der Waals surface area contributed by atoms with Gasteiger partial charge in [-0.25, -0.2) is 0 Å². The third-order valence-electron chi connectivity index (χ3n) is 3.05. The van der Waals surface area contributed by atoms with Gasteiger partial charge in [0.15, 0.2) is 0 Å². The van der Waals surface area contributed by atoms with E-state index in [9.17, 15) is 0 Å². The van der Waals surface area contributed by atoms with Crippen LogP contribution in [-0.2, 0) is 6.54 Å². The lowest BCUT2D eigenvalue weighted by molar-refractivity contribution is 0.938. The van der Waals surface area contributed by atoms with Gasteiger partial charge in [-0.1, -0.05) is 30.3 Å². The van der Waals surface area contributed by atoms with Gasteiger partial charge < -0.3 is 4.90 Å². The molecule has 0 N–H and O–H groups in total. The summed E-state index contributed by atoms with van der Waals surface area (Å²) in [5.74, 6) is 0. The fraction of sp³-hybridized carbons (Fsp3) is 0.133. The molecule has 3 aromatic rings. The smallest absolute Gasteiger partial charge is 0.0794 e. The maximum absolute atomic E-state index is 4.11. The summed E-state index contributed by atoms with van der Waals surface area (Å²) in [7, 11) is 2.11. The predicted molar refractivity (Wildman–Crippen MR) is 78.2 cm³/mol. The molecule has 0 unspecified atom stereocenters. The summed E-state index contributed by atoms with van der Waals surface area (Å²) in [6.07, 6.45) is 1.93. The second kappa shape index (κ2) is 4.78. The quantitative estimate of drug-likeness (QED) is 0.704. The molecule has 0 radical (unpaired) electrons. The van der Waals surface area contributed by atoms with Crippen LogP contribution in [0.25, 0.3) is 10.8 Å². The molecule has 2 nitrogen and oxygen atoms in total. The first-order valence-electron chi connectivity index (χ1n) is 5.90. The Kier molecular flexibility index (Phi) is 2.99. The standard InChI is InChI=1S/C15H14N2S/c1-17(10-15-9-16-11-18-15)14-7-6-12-4-2-3-5-13(12)8-14/h2-9,11H,10H2,1H3. The van der Waals surface area contributed by atoms with Gasteiger partial charge in [0.05, 0.1) is 12.1 Å². The Bertz CT molecular complexity index is 646. The van der Waals surface area contributed by atoms with Crippen molar-refractivity contribution in [2.75, 3.05) is 11.9 Å². The molecular weight excluding hydrogens is 240 g/mol. The highest BCUT2D eigenvalue weighted by atomic mass is 32.1. The van der Waals surface area contributed by atoms with E-state index in [0.29, 0.717) is 0 Å². The minimum Gasteiger partial charge on any atom is -0.369 e. The van der Waals surface area contributed by atoms with Crippen LogP contribution in [0.4, 0.5) is 5.69 Å². The molecule has 18 heavy (non-hydrogen) atoms. The zero-order chi connectivity index (χ0) is 12.4. The van der Waals surface area contributed by atoms with Crippen LogP contribution in [0.1, 0.15) is 4.88 Å². The van der Waals surface area contributed by atoms with Crippen LogP contribution < -0.4 is 4.90 Å². The highest BCUT2D eigenvalue weighted by molar-refractivity contribution is 7.09. The first-order chi connectivity index (χ1) is 8.83. The van der Waals surface area contributed by atoms with E-state index >= 15 is 0 Å². The summed E-state index contributed by atoms with van der Waals surface area (Å²) >= 11 is 1.70. The van der Waals surface area contributed by atoms with Gasteiger partial charge in [-0.05, 0) is 22.9 Å². The summed E-state index contributed by atoms with van der Waals surface area (Å²) in [5.41, 5.74) is 3.12. The lowest BCUT2D eigenvalue weighted by Gasteiger charge is -2.18. The van der Waals surface area contributed by atoms with Gasteiger partial charge >= 0.3 is 0 Å². The number of nitrogens with zero attached hydrogens (tertiary/aromatic N) is 2. The van der Waals surface area contributed by atoms with E-state index in [1.54, 1.807) is 11.3 Å². The van der Waals surface area contributed by atoms with Crippen LogP contribution in [0, 0.1) is 0 Å². The van der Waals surface area contributed by atoms with Crippen molar-refractivity contribution in [1.29, 1.82) is 0 Å². The van der Waals surface area contributed by atoms with Gasteiger partial charge in [-0.15, -0.1) is 11.3 Å². The van der Waals surface area contributed by atoms with Gasteiger partial charge in [0.2, 0.25) is 0 Å². The largest absolute Gasteiger partial charge is 0.369 e. The predicted octanol–water partition coefficient (Wildman–Crippen LogP) is 3.93. The minimum absolute atomic E-state index is 0.906. The van der Waals surface area contributed by atoms with E-state index in [2.05, 4.69) is 59.4 Å². The molecule has 0 atom stereocenters. The molecular formula is C15H14N2S. The molecule has 0 saturated heterocycles. The average molecular weight is 254 g/mol. The van der Waals surface area contributed by atoms with Crippen molar-refractivity contribution in [2.24, 2.45) is 0 Å². The fourth-order valence-electron chi connectivity index (χ4n) is 2.06. The lowest BCUT2D eigenvalue weighted by atomic mass is 10.1. The van der Waals surface area contributed by atoms with Gasteiger partial charge in [-0.3, -0.25) is 4.98 Å². The van der Waals surface area contributed by atoms with Crippen LogP contribution in [0.5, 0.6) is 0 Å². The normalized spacial score (nSPS) is 10.7. The molecule has 0 aliphatic rings. The Labute approximate surface area is 111 Å². The second-order valence-electron chi connectivity index (χ2n) is 4.36. The summed E-state index contributed by atoms with van der Waals surface area (Å²) in [6.45, 7) is 0.906. The highest BCUT2D eigenvalue weighted by Gasteiger charge is 2.04. The number of benzene rings is 2. The van der Waals surface area contributed by atoms with Gasteiger partial charge in [0.1, 0.15) is 0 Å². The van der Waals surface area contributed by atoms with E-state index in [4.69, 9.17) is 0 Å². The van der Waals surface area contributed by atoms with Gasteiger partial charge in [0.25, 0.3) is 0 Å². The molecule has 0 fully saturated rings. The van der Waals surface area contributed by atoms with E-state index < -0.39 is 0 Å². The zero-order valence-corrected chi connectivity index (χ0v) is 11.0. The molecule has 3 rings (SSSR count). The van der Waals surface area contributed by atoms with E-state index in [0.717, 1.165) is 6.54 Å². The third kappa shape index (κ3) is 2.22.